The van der Waals surface area contributed by atoms with Gasteiger partial charge in [-0.3, -0.25) is 4.90 Å². The van der Waals surface area contributed by atoms with Crippen molar-refractivity contribution in [3.05, 3.63) is 0 Å². The maximum atomic E-state index is 9.02. The van der Waals surface area contributed by atoms with Crippen LogP contribution in [-0.2, 0) is 4.74 Å². The fourth-order valence-corrected chi connectivity index (χ4v) is 1.95. The van der Waals surface area contributed by atoms with E-state index in [4.69, 9.17) is 9.84 Å². The zero-order valence-corrected chi connectivity index (χ0v) is 6.70. The Bertz CT molecular complexity index is 136. The highest BCUT2D eigenvalue weighted by Crippen LogP contribution is 2.22. The first-order chi connectivity index (χ1) is 5.42. The quantitative estimate of drug-likeness (QED) is 0.604. The van der Waals surface area contributed by atoms with Gasteiger partial charge in [-0.05, 0) is 19.4 Å². The van der Waals surface area contributed by atoms with E-state index in [1.807, 2.05) is 0 Å². The van der Waals surface area contributed by atoms with Crippen LogP contribution in [0.5, 0.6) is 0 Å². The number of ether oxygens (including phenoxy) is 1. The molecule has 2 aliphatic heterocycles. The van der Waals surface area contributed by atoms with Crippen LogP contribution in [0.3, 0.4) is 0 Å². The highest BCUT2D eigenvalue weighted by molar-refractivity contribution is 4.87. The lowest BCUT2D eigenvalue weighted by Gasteiger charge is -2.37. The molecule has 1 atom stereocenters. The summed E-state index contributed by atoms with van der Waals surface area (Å²) >= 11 is 0. The van der Waals surface area contributed by atoms with Crippen molar-refractivity contribution >= 4 is 0 Å². The van der Waals surface area contributed by atoms with Crippen molar-refractivity contribution in [1.82, 2.24) is 4.90 Å². The summed E-state index contributed by atoms with van der Waals surface area (Å²) in [4.78, 5) is 2.39. The summed E-state index contributed by atoms with van der Waals surface area (Å²) < 4.78 is 5.12. The van der Waals surface area contributed by atoms with Crippen molar-refractivity contribution in [3.63, 3.8) is 0 Å². The third-order valence-corrected chi connectivity index (χ3v) is 2.72. The largest absolute Gasteiger partial charge is 0.395 e. The van der Waals surface area contributed by atoms with Gasteiger partial charge >= 0.3 is 0 Å². The zero-order chi connectivity index (χ0) is 7.68. The van der Waals surface area contributed by atoms with Gasteiger partial charge in [0.15, 0.2) is 0 Å². The highest BCUT2D eigenvalue weighted by atomic mass is 16.5. The van der Waals surface area contributed by atoms with E-state index in [1.165, 1.54) is 6.42 Å². The molecule has 3 nitrogen and oxygen atoms in total. The van der Waals surface area contributed by atoms with E-state index in [9.17, 15) is 0 Å². The van der Waals surface area contributed by atoms with Crippen molar-refractivity contribution in [2.24, 2.45) is 0 Å². The second kappa shape index (κ2) is 3.09. The van der Waals surface area contributed by atoms with E-state index in [2.05, 4.69) is 4.90 Å². The Morgan fingerprint density at radius 1 is 1.45 bits per heavy atom. The van der Waals surface area contributed by atoms with Gasteiger partial charge < -0.3 is 9.84 Å². The highest BCUT2D eigenvalue weighted by Gasteiger charge is 2.33. The Labute approximate surface area is 66.9 Å². The minimum atomic E-state index is 0.316. The second-order valence-corrected chi connectivity index (χ2v) is 3.41. The maximum absolute atomic E-state index is 9.02. The Morgan fingerprint density at radius 3 is 2.82 bits per heavy atom. The lowest BCUT2D eigenvalue weighted by Crippen LogP contribution is -2.51. The molecule has 2 saturated heterocycles. The molecule has 0 amide bonds. The van der Waals surface area contributed by atoms with Crippen LogP contribution in [0.25, 0.3) is 0 Å². The minimum Gasteiger partial charge on any atom is -0.395 e. The van der Waals surface area contributed by atoms with Crippen LogP contribution < -0.4 is 0 Å². The van der Waals surface area contributed by atoms with Crippen molar-refractivity contribution in [2.45, 2.75) is 24.9 Å². The molecule has 11 heavy (non-hydrogen) atoms. The number of aliphatic hydroxyl groups is 1. The van der Waals surface area contributed by atoms with Gasteiger partial charge in [-0.25, -0.2) is 0 Å². The van der Waals surface area contributed by atoms with Crippen LogP contribution in [-0.4, -0.2) is 48.5 Å². The Balaban J connectivity index is 1.89. The first kappa shape index (κ1) is 7.53. The molecule has 0 bridgehead atoms. The number of rotatable bonds is 2. The summed E-state index contributed by atoms with van der Waals surface area (Å²) in [6, 6.07) is 1.03. The van der Waals surface area contributed by atoms with Gasteiger partial charge in [0.05, 0.1) is 25.9 Å². The van der Waals surface area contributed by atoms with Gasteiger partial charge in [0.1, 0.15) is 0 Å². The number of likely N-dealkylation sites (tertiary alicyclic amines) is 1. The van der Waals surface area contributed by atoms with Crippen LogP contribution in [0.2, 0.25) is 0 Å². The van der Waals surface area contributed by atoms with E-state index < -0.39 is 0 Å². The van der Waals surface area contributed by atoms with Gasteiger partial charge in [-0.1, -0.05) is 0 Å². The molecule has 0 saturated carbocycles. The maximum Gasteiger partial charge on any atom is 0.0645 e. The molecule has 0 aliphatic carbocycles. The average Bonchev–Trinajstić information content (AvgIpc) is 2.32. The van der Waals surface area contributed by atoms with E-state index in [-0.39, 0.29) is 0 Å². The molecule has 0 aromatic carbocycles. The molecule has 0 spiro atoms. The van der Waals surface area contributed by atoms with Gasteiger partial charge in [0.2, 0.25) is 0 Å². The Morgan fingerprint density at radius 2 is 2.27 bits per heavy atom. The van der Waals surface area contributed by atoms with E-state index in [0.717, 1.165) is 26.2 Å². The number of hydrogen-bond donors (Lipinski definition) is 1. The lowest BCUT2D eigenvalue weighted by molar-refractivity contribution is -0.0742. The number of nitrogens with zero attached hydrogens (tertiary/aromatic N) is 1. The predicted molar refractivity (Wildman–Crippen MR) is 41.4 cm³/mol. The molecule has 64 valence electrons. The molecule has 0 radical (unpaired) electrons. The third-order valence-electron chi connectivity index (χ3n) is 2.72. The van der Waals surface area contributed by atoms with E-state index >= 15 is 0 Å². The van der Waals surface area contributed by atoms with Crippen LogP contribution in [0, 0.1) is 0 Å². The Hall–Kier alpha value is -0.120. The summed E-state index contributed by atoms with van der Waals surface area (Å²) in [7, 11) is 0. The molecular weight excluding hydrogens is 142 g/mol. The van der Waals surface area contributed by atoms with Crippen LogP contribution >= 0.6 is 0 Å². The van der Waals surface area contributed by atoms with Crippen LogP contribution in [0.1, 0.15) is 12.8 Å². The predicted octanol–water partition coefficient (Wildman–Crippen LogP) is -0.158. The summed E-state index contributed by atoms with van der Waals surface area (Å²) in [5, 5.41) is 9.02. The van der Waals surface area contributed by atoms with Gasteiger partial charge in [-0.15, -0.1) is 0 Å². The topological polar surface area (TPSA) is 32.7 Å². The molecule has 0 unspecified atom stereocenters. The second-order valence-electron chi connectivity index (χ2n) is 3.41. The third kappa shape index (κ3) is 1.28. The summed E-state index contributed by atoms with van der Waals surface area (Å²) in [5.41, 5.74) is 0. The zero-order valence-electron chi connectivity index (χ0n) is 6.70. The first-order valence-electron chi connectivity index (χ1n) is 4.36. The summed E-state index contributed by atoms with van der Waals surface area (Å²) in [6.45, 7) is 3.21. The van der Waals surface area contributed by atoms with Crippen molar-refractivity contribution in [2.75, 3.05) is 26.4 Å². The molecule has 2 aliphatic rings. The standard InChI is InChI=1S/C8H15NO2/c10-4-7-2-1-3-9(7)8-5-11-6-8/h7-8,10H,1-6H2/t7-/m0/s1. The van der Waals surface area contributed by atoms with E-state index in [0.29, 0.717) is 18.7 Å². The number of aliphatic hydroxyl groups excluding tert-OH is 1. The van der Waals surface area contributed by atoms with Crippen LogP contribution in [0.15, 0.2) is 0 Å². The number of hydrogen-bond acceptors (Lipinski definition) is 3. The fourth-order valence-electron chi connectivity index (χ4n) is 1.95. The lowest BCUT2D eigenvalue weighted by atomic mass is 10.2. The molecule has 0 aromatic rings. The summed E-state index contributed by atoms with van der Waals surface area (Å²) in [5.74, 6) is 0. The molecule has 2 fully saturated rings. The van der Waals surface area contributed by atoms with Crippen LogP contribution in [0.4, 0.5) is 0 Å². The first-order valence-corrected chi connectivity index (χ1v) is 4.36. The van der Waals surface area contributed by atoms with E-state index in [1.54, 1.807) is 0 Å². The molecule has 2 heterocycles. The fraction of sp³-hybridized carbons (Fsp3) is 1.00. The van der Waals surface area contributed by atoms with Gasteiger partial charge in [0, 0.05) is 6.04 Å². The van der Waals surface area contributed by atoms with Gasteiger partial charge in [-0.2, -0.15) is 0 Å². The molecule has 3 heteroatoms. The summed E-state index contributed by atoms with van der Waals surface area (Å²) in [6.07, 6.45) is 2.40. The SMILES string of the molecule is OC[C@@H]1CCCN1C1COC1. The normalized spacial score (nSPS) is 34.1. The molecular formula is C8H15NO2. The van der Waals surface area contributed by atoms with Crippen molar-refractivity contribution in [3.8, 4) is 0 Å². The molecule has 1 N–H and O–H groups in total. The minimum absolute atomic E-state index is 0.316. The smallest absolute Gasteiger partial charge is 0.0645 e. The molecule has 2 rings (SSSR count). The average molecular weight is 157 g/mol. The Kier molecular flexibility index (Phi) is 2.11. The van der Waals surface area contributed by atoms with Crippen molar-refractivity contribution in [1.29, 1.82) is 0 Å². The van der Waals surface area contributed by atoms with Crippen molar-refractivity contribution < 1.29 is 9.84 Å². The van der Waals surface area contributed by atoms with Gasteiger partial charge in [0.25, 0.3) is 0 Å². The monoisotopic (exact) mass is 157 g/mol. The molecule has 0 aromatic heterocycles.